The zero-order valence-corrected chi connectivity index (χ0v) is 12.2. The lowest BCUT2D eigenvalue weighted by Crippen LogP contribution is -2.47. The highest BCUT2D eigenvalue weighted by molar-refractivity contribution is 5.56. The Morgan fingerprint density at radius 2 is 2.11 bits per heavy atom. The van der Waals surface area contributed by atoms with Crippen molar-refractivity contribution in [2.24, 2.45) is 0 Å². The third-order valence-corrected chi connectivity index (χ3v) is 3.70. The van der Waals surface area contributed by atoms with Crippen LogP contribution < -0.4 is 10.2 Å². The Hall–Kier alpha value is -1.02. The van der Waals surface area contributed by atoms with Crippen molar-refractivity contribution >= 4 is 5.69 Å². The SMILES string of the molecule is CCCCN1CC(C)(C)NCc2cc(C)ccc21. The molecule has 1 N–H and O–H groups in total. The minimum atomic E-state index is 0.181. The van der Waals surface area contributed by atoms with Gasteiger partial charge in [-0.25, -0.2) is 0 Å². The molecule has 0 unspecified atom stereocenters. The first-order chi connectivity index (χ1) is 8.52. The molecule has 2 nitrogen and oxygen atoms in total. The second-order valence-electron chi connectivity index (χ2n) is 6.14. The molecule has 0 saturated carbocycles. The summed E-state index contributed by atoms with van der Waals surface area (Å²) >= 11 is 0. The summed E-state index contributed by atoms with van der Waals surface area (Å²) in [6.07, 6.45) is 2.52. The number of nitrogens with zero attached hydrogens (tertiary/aromatic N) is 1. The molecule has 0 fully saturated rings. The Morgan fingerprint density at radius 1 is 1.33 bits per heavy atom. The zero-order valence-electron chi connectivity index (χ0n) is 12.2. The molecule has 1 aliphatic rings. The van der Waals surface area contributed by atoms with Crippen molar-refractivity contribution in [3.05, 3.63) is 29.3 Å². The van der Waals surface area contributed by atoms with Gasteiger partial charge in [0.2, 0.25) is 0 Å². The predicted octanol–water partition coefficient (Wildman–Crippen LogP) is 3.48. The van der Waals surface area contributed by atoms with E-state index in [0.29, 0.717) is 0 Å². The van der Waals surface area contributed by atoms with Crippen LogP contribution in [0.5, 0.6) is 0 Å². The lowest BCUT2D eigenvalue weighted by molar-refractivity contribution is 0.394. The fourth-order valence-corrected chi connectivity index (χ4v) is 2.67. The molecule has 2 heteroatoms. The highest BCUT2D eigenvalue weighted by Crippen LogP contribution is 2.27. The molecule has 0 aromatic heterocycles. The van der Waals surface area contributed by atoms with Crippen LogP contribution in [0.15, 0.2) is 18.2 Å². The Balaban J connectivity index is 2.30. The first kappa shape index (κ1) is 13.4. The van der Waals surface area contributed by atoms with E-state index < -0.39 is 0 Å². The van der Waals surface area contributed by atoms with Gasteiger partial charge in [-0.3, -0.25) is 0 Å². The van der Waals surface area contributed by atoms with Crippen LogP contribution >= 0.6 is 0 Å². The lowest BCUT2D eigenvalue weighted by atomic mass is 10.1. The first-order valence-electron chi connectivity index (χ1n) is 7.11. The van der Waals surface area contributed by atoms with E-state index in [9.17, 15) is 0 Å². The van der Waals surface area contributed by atoms with E-state index >= 15 is 0 Å². The monoisotopic (exact) mass is 246 g/mol. The second-order valence-corrected chi connectivity index (χ2v) is 6.14. The van der Waals surface area contributed by atoms with E-state index in [1.165, 1.54) is 29.7 Å². The van der Waals surface area contributed by atoms with Crippen LogP contribution in [0.2, 0.25) is 0 Å². The summed E-state index contributed by atoms with van der Waals surface area (Å²) in [4.78, 5) is 2.55. The highest BCUT2D eigenvalue weighted by Gasteiger charge is 2.26. The fraction of sp³-hybridized carbons (Fsp3) is 0.625. The molecular formula is C16H26N2. The maximum absolute atomic E-state index is 3.67. The minimum absolute atomic E-state index is 0.181. The van der Waals surface area contributed by atoms with E-state index in [0.717, 1.165) is 19.6 Å². The number of anilines is 1. The maximum atomic E-state index is 3.67. The number of benzene rings is 1. The van der Waals surface area contributed by atoms with Gasteiger partial charge in [0.15, 0.2) is 0 Å². The van der Waals surface area contributed by atoms with E-state index in [-0.39, 0.29) is 5.54 Å². The summed E-state index contributed by atoms with van der Waals surface area (Å²) in [7, 11) is 0. The van der Waals surface area contributed by atoms with Crippen LogP contribution in [0, 0.1) is 6.92 Å². The van der Waals surface area contributed by atoms with E-state index in [2.05, 4.69) is 56.1 Å². The second kappa shape index (κ2) is 5.31. The van der Waals surface area contributed by atoms with Crippen molar-refractivity contribution in [3.63, 3.8) is 0 Å². The van der Waals surface area contributed by atoms with E-state index in [1.807, 2.05) is 0 Å². The zero-order chi connectivity index (χ0) is 13.2. The van der Waals surface area contributed by atoms with E-state index in [1.54, 1.807) is 0 Å². The van der Waals surface area contributed by atoms with Crippen molar-refractivity contribution in [2.75, 3.05) is 18.0 Å². The standard InChI is InChI=1S/C16H26N2/c1-5-6-9-18-12-16(3,4)17-11-14-10-13(2)7-8-15(14)18/h7-8,10,17H,5-6,9,11-12H2,1-4H3. The molecule has 1 aromatic carbocycles. The number of fused-ring (bicyclic) bond motifs is 1. The average Bonchev–Trinajstić information content (AvgIpc) is 2.44. The van der Waals surface area contributed by atoms with Gasteiger partial charge >= 0.3 is 0 Å². The third kappa shape index (κ3) is 3.05. The van der Waals surface area contributed by atoms with Gasteiger partial charge in [-0.05, 0) is 38.8 Å². The molecule has 0 amide bonds. The van der Waals surface area contributed by atoms with Crippen LogP contribution in [-0.2, 0) is 6.54 Å². The smallest absolute Gasteiger partial charge is 0.0412 e. The predicted molar refractivity (Wildman–Crippen MR) is 79.2 cm³/mol. The third-order valence-electron chi connectivity index (χ3n) is 3.70. The number of hydrogen-bond donors (Lipinski definition) is 1. The summed E-state index contributed by atoms with van der Waals surface area (Å²) < 4.78 is 0. The van der Waals surface area contributed by atoms with Crippen molar-refractivity contribution in [3.8, 4) is 0 Å². The molecule has 0 saturated heterocycles. The van der Waals surface area contributed by atoms with Crippen molar-refractivity contribution in [1.82, 2.24) is 5.32 Å². The number of aryl methyl sites for hydroxylation is 1. The molecule has 18 heavy (non-hydrogen) atoms. The molecule has 0 aliphatic carbocycles. The van der Waals surface area contributed by atoms with Crippen molar-refractivity contribution in [2.45, 2.75) is 52.6 Å². The molecule has 2 rings (SSSR count). The quantitative estimate of drug-likeness (QED) is 0.878. The van der Waals surface area contributed by atoms with Gasteiger partial charge in [-0.2, -0.15) is 0 Å². The number of rotatable bonds is 3. The summed E-state index contributed by atoms with van der Waals surface area (Å²) in [5, 5.41) is 3.67. The topological polar surface area (TPSA) is 15.3 Å². The van der Waals surface area contributed by atoms with Gasteiger partial charge in [0.25, 0.3) is 0 Å². The molecule has 100 valence electrons. The Morgan fingerprint density at radius 3 is 2.83 bits per heavy atom. The number of nitrogens with one attached hydrogen (secondary N) is 1. The first-order valence-corrected chi connectivity index (χ1v) is 7.11. The Labute approximate surface area is 111 Å². The molecule has 0 radical (unpaired) electrons. The van der Waals surface area contributed by atoms with Crippen molar-refractivity contribution in [1.29, 1.82) is 0 Å². The maximum Gasteiger partial charge on any atom is 0.0412 e. The molecule has 0 bridgehead atoms. The van der Waals surface area contributed by atoms with Crippen LogP contribution in [-0.4, -0.2) is 18.6 Å². The van der Waals surface area contributed by atoms with E-state index in [4.69, 9.17) is 0 Å². The molecule has 1 heterocycles. The lowest BCUT2D eigenvalue weighted by Gasteiger charge is -2.32. The van der Waals surface area contributed by atoms with Gasteiger partial charge in [0.05, 0.1) is 0 Å². The highest BCUT2D eigenvalue weighted by atomic mass is 15.2. The summed E-state index contributed by atoms with van der Waals surface area (Å²) in [5.74, 6) is 0. The Bertz CT molecular complexity index is 410. The normalized spacial score (nSPS) is 18.3. The fourth-order valence-electron chi connectivity index (χ4n) is 2.67. The Kier molecular flexibility index (Phi) is 3.96. The van der Waals surface area contributed by atoms with Crippen LogP contribution in [0.3, 0.4) is 0 Å². The number of hydrogen-bond acceptors (Lipinski definition) is 2. The molecule has 0 spiro atoms. The van der Waals surface area contributed by atoms with Crippen LogP contribution in [0.1, 0.15) is 44.7 Å². The molecule has 1 aliphatic heterocycles. The largest absolute Gasteiger partial charge is 0.369 e. The van der Waals surface area contributed by atoms with Gasteiger partial charge < -0.3 is 10.2 Å². The molecular weight excluding hydrogens is 220 g/mol. The average molecular weight is 246 g/mol. The number of unbranched alkanes of at least 4 members (excludes halogenated alkanes) is 1. The van der Waals surface area contributed by atoms with Gasteiger partial charge in [0.1, 0.15) is 0 Å². The summed E-state index contributed by atoms with van der Waals surface area (Å²) in [5.41, 5.74) is 4.40. The van der Waals surface area contributed by atoms with Gasteiger partial charge in [-0.1, -0.05) is 31.0 Å². The summed E-state index contributed by atoms with van der Waals surface area (Å²) in [6.45, 7) is 12.3. The minimum Gasteiger partial charge on any atom is -0.369 e. The summed E-state index contributed by atoms with van der Waals surface area (Å²) in [6, 6.07) is 6.85. The van der Waals surface area contributed by atoms with Gasteiger partial charge in [0, 0.05) is 30.9 Å². The van der Waals surface area contributed by atoms with Crippen molar-refractivity contribution < 1.29 is 0 Å². The molecule has 0 atom stereocenters. The van der Waals surface area contributed by atoms with Crippen LogP contribution in [0.25, 0.3) is 0 Å². The van der Waals surface area contributed by atoms with Gasteiger partial charge in [-0.15, -0.1) is 0 Å². The molecule has 1 aromatic rings. The van der Waals surface area contributed by atoms with Crippen LogP contribution in [0.4, 0.5) is 5.69 Å².